The molecule has 1 amide bonds. The molecule has 0 spiro atoms. The Bertz CT molecular complexity index is 717. The SMILES string of the molecule is O=C(O)c1cncc(C(=O)N2CCOc3ccccc32)n1. The molecule has 0 saturated heterocycles. The highest BCUT2D eigenvalue weighted by Gasteiger charge is 2.26. The molecular formula is C14H11N3O4. The summed E-state index contributed by atoms with van der Waals surface area (Å²) in [6.45, 7) is 0.740. The van der Waals surface area contributed by atoms with Crippen LogP contribution >= 0.6 is 0 Å². The zero-order chi connectivity index (χ0) is 14.8. The highest BCUT2D eigenvalue weighted by Crippen LogP contribution is 2.31. The monoisotopic (exact) mass is 285 g/mol. The van der Waals surface area contributed by atoms with Gasteiger partial charge in [-0.3, -0.25) is 9.78 Å². The number of aromatic nitrogens is 2. The van der Waals surface area contributed by atoms with Gasteiger partial charge < -0.3 is 14.7 Å². The van der Waals surface area contributed by atoms with Crippen LogP contribution in [0.3, 0.4) is 0 Å². The molecule has 7 heteroatoms. The van der Waals surface area contributed by atoms with Gasteiger partial charge in [-0.2, -0.15) is 0 Å². The maximum absolute atomic E-state index is 12.5. The zero-order valence-corrected chi connectivity index (χ0v) is 10.9. The summed E-state index contributed by atoms with van der Waals surface area (Å²) in [6.07, 6.45) is 2.36. The number of rotatable bonds is 2. The van der Waals surface area contributed by atoms with Crippen molar-refractivity contribution in [1.29, 1.82) is 0 Å². The second kappa shape index (κ2) is 5.20. The van der Waals surface area contributed by atoms with Crippen molar-refractivity contribution in [3.8, 4) is 5.75 Å². The smallest absolute Gasteiger partial charge is 0.356 e. The van der Waals surface area contributed by atoms with Crippen molar-refractivity contribution in [1.82, 2.24) is 9.97 Å². The molecule has 2 aromatic rings. The van der Waals surface area contributed by atoms with Gasteiger partial charge in [-0.15, -0.1) is 0 Å². The molecule has 21 heavy (non-hydrogen) atoms. The minimum absolute atomic E-state index is 0.00777. The van der Waals surface area contributed by atoms with Crippen molar-refractivity contribution in [3.63, 3.8) is 0 Å². The van der Waals surface area contributed by atoms with Crippen LogP contribution in [0.5, 0.6) is 5.75 Å². The van der Waals surface area contributed by atoms with Gasteiger partial charge in [-0.1, -0.05) is 12.1 Å². The summed E-state index contributed by atoms with van der Waals surface area (Å²) in [7, 11) is 0. The zero-order valence-electron chi connectivity index (χ0n) is 10.9. The fourth-order valence-corrected chi connectivity index (χ4v) is 2.09. The maximum atomic E-state index is 12.5. The number of ether oxygens (including phenoxy) is 1. The number of hydrogen-bond acceptors (Lipinski definition) is 5. The summed E-state index contributed by atoms with van der Waals surface area (Å²) in [5, 5.41) is 8.91. The molecule has 1 aromatic heterocycles. The molecule has 0 fully saturated rings. The first-order chi connectivity index (χ1) is 10.2. The number of hydrogen-bond donors (Lipinski definition) is 1. The Labute approximate surface area is 119 Å². The summed E-state index contributed by atoms with van der Waals surface area (Å²) in [4.78, 5) is 32.5. The molecule has 106 valence electrons. The lowest BCUT2D eigenvalue weighted by Gasteiger charge is -2.29. The molecule has 1 N–H and O–H groups in total. The molecule has 0 saturated carbocycles. The number of aromatic carboxylic acids is 1. The van der Waals surface area contributed by atoms with Gasteiger partial charge in [0.2, 0.25) is 0 Å². The number of anilines is 1. The minimum atomic E-state index is -1.22. The highest BCUT2D eigenvalue weighted by molar-refractivity contribution is 6.06. The van der Waals surface area contributed by atoms with Crippen LogP contribution in [-0.4, -0.2) is 40.1 Å². The Morgan fingerprint density at radius 3 is 2.76 bits per heavy atom. The first-order valence-corrected chi connectivity index (χ1v) is 6.26. The minimum Gasteiger partial charge on any atom is -0.490 e. The number of carbonyl (C=O) groups excluding carboxylic acids is 1. The van der Waals surface area contributed by atoms with Crippen molar-refractivity contribution in [2.45, 2.75) is 0 Å². The van der Waals surface area contributed by atoms with Crippen LogP contribution in [0, 0.1) is 0 Å². The van der Waals surface area contributed by atoms with E-state index < -0.39 is 11.9 Å². The van der Waals surface area contributed by atoms with Crippen LogP contribution < -0.4 is 9.64 Å². The largest absolute Gasteiger partial charge is 0.490 e. The molecule has 0 atom stereocenters. The first kappa shape index (κ1) is 13.0. The molecule has 1 aliphatic heterocycles. The van der Waals surface area contributed by atoms with Gasteiger partial charge >= 0.3 is 5.97 Å². The molecular weight excluding hydrogens is 274 g/mol. The van der Waals surface area contributed by atoms with E-state index in [-0.39, 0.29) is 11.4 Å². The van der Waals surface area contributed by atoms with Crippen molar-refractivity contribution in [2.75, 3.05) is 18.1 Å². The molecule has 7 nitrogen and oxygen atoms in total. The van der Waals surface area contributed by atoms with E-state index in [0.29, 0.717) is 24.6 Å². The molecule has 0 unspecified atom stereocenters. The van der Waals surface area contributed by atoms with Crippen LogP contribution in [0.25, 0.3) is 0 Å². The third-order valence-electron chi connectivity index (χ3n) is 3.05. The number of carboxylic acids is 1. The molecule has 0 aliphatic carbocycles. The fraction of sp³-hybridized carbons (Fsp3) is 0.143. The average molecular weight is 285 g/mol. The van der Waals surface area contributed by atoms with E-state index in [1.165, 1.54) is 11.1 Å². The van der Waals surface area contributed by atoms with Crippen molar-refractivity contribution >= 4 is 17.6 Å². The summed E-state index contributed by atoms with van der Waals surface area (Å²) >= 11 is 0. The summed E-state index contributed by atoms with van der Waals surface area (Å²) in [5.74, 6) is -1.01. The topological polar surface area (TPSA) is 92.6 Å². The molecule has 0 radical (unpaired) electrons. The number of fused-ring (bicyclic) bond motifs is 1. The Morgan fingerprint density at radius 2 is 1.95 bits per heavy atom. The van der Waals surface area contributed by atoms with Gasteiger partial charge in [0.1, 0.15) is 18.1 Å². The molecule has 3 rings (SSSR count). The Balaban J connectivity index is 1.96. The Kier molecular flexibility index (Phi) is 3.23. The highest BCUT2D eigenvalue weighted by atomic mass is 16.5. The van der Waals surface area contributed by atoms with Crippen LogP contribution in [0.15, 0.2) is 36.7 Å². The predicted molar refractivity (Wildman–Crippen MR) is 72.6 cm³/mol. The van der Waals surface area contributed by atoms with E-state index in [2.05, 4.69) is 9.97 Å². The number of para-hydroxylation sites is 2. The van der Waals surface area contributed by atoms with Gasteiger partial charge in [0, 0.05) is 0 Å². The number of carbonyl (C=O) groups is 2. The van der Waals surface area contributed by atoms with Crippen molar-refractivity contribution in [3.05, 3.63) is 48.0 Å². The quantitative estimate of drug-likeness (QED) is 0.891. The van der Waals surface area contributed by atoms with Crippen LogP contribution in [0.4, 0.5) is 5.69 Å². The molecule has 0 bridgehead atoms. The lowest BCUT2D eigenvalue weighted by molar-refractivity contribution is 0.0690. The molecule has 1 aliphatic rings. The van der Waals surface area contributed by atoms with E-state index in [1.54, 1.807) is 18.2 Å². The van der Waals surface area contributed by atoms with Crippen molar-refractivity contribution in [2.24, 2.45) is 0 Å². The summed E-state index contributed by atoms with van der Waals surface area (Å²) in [5.41, 5.74) is 0.366. The van der Waals surface area contributed by atoms with Gasteiger partial charge in [0.25, 0.3) is 5.91 Å². The molecule has 1 aromatic carbocycles. The fourth-order valence-electron chi connectivity index (χ4n) is 2.09. The van der Waals surface area contributed by atoms with E-state index in [1.807, 2.05) is 6.07 Å². The van der Waals surface area contributed by atoms with Gasteiger partial charge in [-0.05, 0) is 12.1 Å². The summed E-state index contributed by atoms with van der Waals surface area (Å²) in [6, 6.07) is 7.15. The second-order valence-electron chi connectivity index (χ2n) is 4.37. The lowest BCUT2D eigenvalue weighted by Crippen LogP contribution is -2.38. The third-order valence-corrected chi connectivity index (χ3v) is 3.05. The molecule has 2 heterocycles. The van der Waals surface area contributed by atoms with Crippen LogP contribution in [0.2, 0.25) is 0 Å². The standard InChI is InChI=1S/C14H11N3O4/c18-13(9-7-15-8-10(16-9)14(19)20)17-5-6-21-12-4-2-1-3-11(12)17/h1-4,7-8H,5-6H2,(H,19,20). The first-order valence-electron chi connectivity index (χ1n) is 6.26. The number of carboxylic acid groups (broad SMARTS) is 1. The van der Waals surface area contributed by atoms with Gasteiger partial charge in [-0.25, -0.2) is 9.78 Å². The van der Waals surface area contributed by atoms with Gasteiger partial charge in [0.05, 0.1) is 24.6 Å². The maximum Gasteiger partial charge on any atom is 0.356 e. The predicted octanol–water partition coefficient (Wildman–Crippen LogP) is 1.21. The van der Waals surface area contributed by atoms with Crippen LogP contribution in [-0.2, 0) is 0 Å². The third kappa shape index (κ3) is 2.40. The van der Waals surface area contributed by atoms with E-state index in [9.17, 15) is 9.59 Å². The summed E-state index contributed by atoms with van der Waals surface area (Å²) < 4.78 is 5.48. The van der Waals surface area contributed by atoms with E-state index in [0.717, 1.165) is 6.20 Å². The van der Waals surface area contributed by atoms with E-state index in [4.69, 9.17) is 9.84 Å². The number of benzene rings is 1. The lowest BCUT2D eigenvalue weighted by atomic mass is 10.2. The Hall–Kier alpha value is -2.96. The van der Waals surface area contributed by atoms with Gasteiger partial charge in [0.15, 0.2) is 5.69 Å². The normalized spacial score (nSPS) is 13.2. The number of amides is 1. The van der Waals surface area contributed by atoms with E-state index >= 15 is 0 Å². The number of nitrogens with zero attached hydrogens (tertiary/aromatic N) is 3. The second-order valence-corrected chi connectivity index (χ2v) is 4.37. The average Bonchev–Trinajstić information content (AvgIpc) is 2.53. The Morgan fingerprint density at radius 1 is 1.19 bits per heavy atom. The van der Waals surface area contributed by atoms with Crippen molar-refractivity contribution < 1.29 is 19.4 Å². The van der Waals surface area contributed by atoms with Crippen LogP contribution in [0.1, 0.15) is 21.0 Å².